The molecule has 0 aliphatic heterocycles. The lowest BCUT2D eigenvalue weighted by molar-refractivity contribution is 0.669. The zero-order valence-electron chi connectivity index (χ0n) is 27.0. The molecule has 6 heteroatoms. The Bertz CT molecular complexity index is 3160. The molecular formula is C45H25N3OS2. The van der Waals surface area contributed by atoms with Gasteiger partial charge in [0.15, 0.2) is 17.5 Å². The molecule has 0 bridgehead atoms. The summed E-state index contributed by atoms with van der Waals surface area (Å²) in [7, 11) is 0. The third-order valence-corrected chi connectivity index (χ3v) is 12.1. The number of hydrogen-bond acceptors (Lipinski definition) is 6. The number of thiophene rings is 2. The van der Waals surface area contributed by atoms with Gasteiger partial charge in [0.05, 0.1) is 0 Å². The summed E-state index contributed by atoms with van der Waals surface area (Å²) in [5.74, 6) is 1.89. The zero-order chi connectivity index (χ0) is 33.5. The quantitative estimate of drug-likeness (QED) is 0.185. The molecule has 0 aliphatic carbocycles. The summed E-state index contributed by atoms with van der Waals surface area (Å²) in [5, 5.41) is 7.18. The first-order valence-corrected chi connectivity index (χ1v) is 18.5. The number of para-hydroxylation sites is 1. The monoisotopic (exact) mass is 687 g/mol. The lowest BCUT2D eigenvalue weighted by Crippen LogP contribution is -2.00. The van der Waals surface area contributed by atoms with Crippen LogP contribution in [0.15, 0.2) is 156 Å². The molecule has 0 N–H and O–H groups in total. The fourth-order valence-electron chi connectivity index (χ4n) is 7.36. The Morgan fingerprint density at radius 3 is 1.84 bits per heavy atom. The summed E-state index contributed by atoms with van der Waals surface area (Å²) in [6.07, 6.45) is 0. The van der Waals surface area contributed by atoms with Crippen LogP contribution < -0.4 is 0 Å². The molecule has 0 unspecified atom stereocenters. The predicted octanol–water partition coefficient (Wildman–Crippen LogP) is 13.2. The van der Waals surface area contributed by atoms with E-state index in [1.807, 2.05) is 83.3 Å². The van der Waals surface area contributed by atoms with Gasteiger partial charge < -0.3 is 4.42 Å². The smallest absolute Gasteiger partial charge is 0.164 e. The fourth-order valence-corrected chi connectivity index (χ4v) is 9.78. The second kappa shape index (κ2) is 11.2. The van der Waals surface area contributed by atoms with Gasteiger partial charge in [0, 0.05) is 67.8 Å². The van der Waals surface area contributed by atoms with Crippen molar-refractivity contribution in [3.63, 3.8) is 0 Å². The summed E-state index contributed by atoms with van der Waals surface area (Å²) < 4.78 is 11.3. The maximum Gasteiger partial charge on any atom is 0.164 e. The zero-order valence-corrected chi connectivity index (χ0v) is 28.6. The standard InChI is InChI=1S/C45H25N3OS2/c1-2-10-26(11-3-1)43-46-44(48-45(47-43)35-16-9-18-37-41(35)34-13-4-6-17-36(34)49-37)28-21-23-32-31-22-20-27(24-39(31)50-40(32)25-28)29-14-8-15-33-30-12-5-7-19-38(30)51-42(29)33/h1-25H. The van der Waals surface area contributed by atoms with Crippen LogP contribution in [0, 0.1) is 0 Å². The van der Waals surface area contributed by atoms with Crippen molar-refractivity contribution in [2.75, 3.05) is 0 Å². The second-order valence-electron chi connectivity index (χ2n) is 12.8. The van der Waals surface area contributed by atoms with Gasteiger partial charge in [-0.3, -0.25) is 0 Å². The van der Waals surface area contributed by atoms with Gasteiger partial charge in [-0.05, 0) is 41.5 Å². The van der Waals surface area contributed by atoms with Crippen LogP contribution in [-0.4, -0.2) is 15.0 Å². The van der Waals surface area contributed by atoms with Crippen LogP contribution in [0.3, 0.4) is 0 Å². The van der Waals surface area contributed by atoms with E-state index in [1.165, 1.54) is 51.5 Å². The highest BCUT2D eigenvalue weighted by Crippen LogP contribution is 2.43. The largest absolute Gasteiger partial charge is 0.456 e. The lowest BCUT2D eigenvalue weighted by atomic mass is 10.0. The van der Waals surface area contributed by atoms with Crippen molar-refractivity contribution in [2.45, 2.75) is 0 Å². The van der Waals surface area contributed by atoms with Gasteiger partial charge in [-0.1, -0.05) is 121 Å². The molecule has 0 atom stereocenters. The number of nitrogens with zero attached hydrogens (tertiary/aromatic N) is 3. The number of fused-ring (bicyclic) bond motifs is 9. The van der Waals surface area contributed by atoms with Crippen molar-refractivity contribution in [1.82, 2.24) is 15.0 Å². The van der Waals surface area contributed by atoms with Crippen molar-refractivity contribution in [2.24, 2.45) is 0 Å². The molecule has 4 heterocycles. The van der Waals surface area contributed by atoms with Gasteiger partial charge in [-0.2, -0.15) is 0 Å². The highest BCUT2D eigenvalue weighted by molar-refractivity contribution is 7.26. The van der Waals surface area contributed by atoms with E-state index in [0.717, 1.165) is 38.6 Å². The summed E-state index contributed by atoms with van der Waals surface area (Å²) >= 11 is 3.69. The molecule has 4 nitrogen and oxygen atoms in total. The van der Waals surface area contributed by atoms with Gasteiger partial charge in [0.2, 0.25) is 0 Å². The van der Waals surface area contributed by atoms with Crippen LogP contribution in [0.2, 0.25) is 0 Å². The minimum Gasteiger partial charge on any atom is -0.456 e. The van der Waals surface area contributed by atoms with E-state index >= 15 is 0 Å². The first kappa shape index (κ1) is 28.6. The van der Waals surface area contributed by atoms with Crippen molar-refractivity contribution in [3.8, 4) is 45.3 Å². The summed E-state index contributed by atoms with van der Waals surface area (Å²) in [4.78, 5) is 15.2. The molecule has 0 radical (unpaired) electrons. The van der Waals surface area contributed by atoms with Crippen LogP contribution in [-0.2, 0) is 0 Å². The maximum atomic E-state index is 6.22. The van der Waals surface area contributed by atoms with Crippen LogP contribution in [0.5, 0.6) is 0 Å². The summed E-state index contributed by atoms with van der Waals surface area (Å²) in [6, 6.07) is 53.2. The number of benzene rings is 7. The van der Waals surface area contributed by atoms with E-state index in [0.29, 0.717) is 17.5 Å². The normalized spacial score (nSPS) is 11.9. The van der Waals surface area contributed by atoms with Gasteiger partial charge in [0.25, 0.3) is 0 Å². The van der Waals surface area contributed by atoms with E-state index in [4.69, 9.17) is 19.4 Å². The SMILES string of the molecule is c1ccc(-c2nc(-c3ccc4c(c3)sc3cc(-c5cccc6c5sc5ccccc56)ccc34)nc(-c3cccc4oc5ccccc5c34)n2)cc1. The van der Waals surface area contributed by atoms with E-state index < -0.39 is 0 Å². The van der Waals surface area contributed by atoms with Crippen molar-refractivity contribution < 1.29 is 4.42 Å². The molecule has 0 fully saturated rings. The van der Waals surface area contributed by atoms with E-state index in [2.05, 4.69) is 91.0 Å². The highest BCUT2D eigenvalue weighted by atomic mass is 32.1. The van der Waals surface area contributed by atoms with Crippen LogP contribution in [0.25, 0.3) is 108 Å². The van der Waals surface area contributed by atoms with Gasteiger partial charge >= 0.3 is 0 Å². The van der Waals surface area contributed by atoms with Gasteiger partial charge in [-0.25, -0.2) is 15.0 Å². The number of furan rings is 1. The molecule has 238 valence electrons. The van der Waals surface area contributed by atoms with Crippen molar-refractivity contribution >= 4 is 85.0 Å². The number of rotatable bonds is 4. The Morgan fingerprint density at radius 1 is 0.373 bits per heavy atom. The topological polar surface area (TPSA) is 51.8 Å². The molecule has 0 saturated heterocycles. The van der Waals surface area contributed by atoms with Crippen LogP contribution in [0.4, 0.5) is 0 Å². The lowest BCUT2D eigenvalue weighted by Gasteiger charge is -2.09. The Morgan fingerprint density at radius 2 is 0.980 bits per heavy atom. The minimum absolute atomic E-state index is 0.618. The third-order valence-electron chi connectivity index (χ3n) is 9.76. The molecule has 51 heavy (non-hydrogen) atoms. The molecule has 4 aromatic heterocycles. The number of hydrogen-bond donors (Lipinski definition) is 0. The third kappa shape index (κ3) is 4.54. The van der Waals surface area contributed by atoms with E-state index in [1.54, 1.807) is 0 Å². The Kier molecular flexibility index (Phi) is 6.26. The Balaban J connectivity index is 1.07. The van der Waals surface area contributed by atoms with Crippen molar-refractivity contribution in [1.29, 1.82) is 0 Å². The molecule has 0 amide bonds. The highest BCUT2D eigenvalue weighted by Gasteiger charge is 2.19. The predicted molar refractivity (Wildman–Crippen MR) is 215 cm³/mol. The fraction of sp³-hybridized carbons (Fsp3) is 0. The average Bonchev–Trinajstić information content (AvgIpc) is 3.88. The molecular weight excluding hydrogens is 663 g/mol. The van der Waals surface area contributed by atoms with Crippen LogP contribution in [0.1, 0.15) is 0 Å². The van der Waals surface area contributed by atoms with Crippen molar-refractivity contribution in [3.05, 3.63) is 152 Å². The maximum absolute atomic E-state index is 6.22. The Labute approximate surface area is 299 Å². The summed E-state index contributed by atoms with van der Waals surface area (Å²) in [6.45, 7) is 0. The first-order chi connectivity index (χ1) is 25.2. The van der Waals surface area contributed by atoms with Crippen LogP contribution >= 0.6 is 22.7 Å². The van der Waals surface area contributed by atoms with Gasteiger partial charge in [-0.15, -0.1) is 22.7 Å². The molecule has 7 aromatic carbocycles. The second-order valence-corrected chi connectivity index (χ2v) is 14.9. The van der Waals surface area contributed by atoms with Gasteiger partial charge in [0.1, 0.15) is 11.2 Å². The minimum atomic E-state index is 0.618. The average molecular weight is 688 g/mol. The Hall–Kier alpha value is -6.21. The van der Waals surface area contributed by atoms with E-state index in [-0.39, 0.29) is 0 Å². The molecule has 0 aliphatic rings. The molecule has 11 rings (SSSR count). The van der Waals surface area contributed by atoms with E-state index in [9.17, 15) is 0 Å². The summed E-state index contributed by atoms with van der Waals surface area (Å²) in [5.41, 5.74) is 6.98. The molecule has 0 spiro atoms. The molecule has 0 saturated carbocycles. The number of aromatic nitrogens is 3. The first-order valence-electron chi connectivity index (χ1n) is 16.8. The molecule has 11 aromatic rings.